The molecule has 28 heavy (non-hydrogen) atoms. The van der Waals surface area contributed by atoms with Crippen molar-refractivity contribution >= 4 is 5.91 Å². The predicted octanol–water partition coefficient (Wildman–Crippen LogP) is 3.06. The second kappa shape index (κ2) is 9.22. The SMILES string of the molecule is O=C(COc1ccc(-c2ccccc2)cc1)N1CCN(C[C@@H]2CCCO2)CC1. The Balaban J connectivity index is 1.21. The van der Waals surface area contributed by atoms with Gasteiger partial charge in [-0.15, -0.1) is 0 Å². The Morgan fingerprint density at radius 3 is 2.36 bits per heavy atom. The Morgan fingerprint density at radius 2 is 1.68 bits per heavy atom. The largest absolute Gasteiger partial charge is 0.484 e. The van der Waals surface area contributed by atoms with Crippen LogP contribution in [-0.4, -0.2) is 67.7 Å². The van der Waals surface area contributed by atoms with Gasteiger partial charge in [0, 0.05) is 39.3 Å². The molecule has 2 aromatic rings. The first kappa shape index (κ1) is 19.0. The van der Waals surface area contributed by atoms with E-state index in [1.165, 1.54) is 12.0 Å². The average molecular weight is 380 g/mol. The molecule has 1 amide bonds. The molecule has 0 radical (unpaired) electrons. The highest BCUT2D eigenvalue weighted by Crippen LogP contribution is 2.22. The van der Waals surface area contributed by atoms with Crippen LogP contribution < -0.4 is 4.74 Å². The van der Waals surface area contributed by atoms with Gasteiger partial charge in [0.1, 0.15) is 5.75 Å². The van der Waals surface area contributed by atoms with Gasteiger partial charge < -0.3 is 14.4 Å². The summed E-state index contributed by atoms with van der Waals surface area (Å²) in [5, 5.41) is 0. The molecule has 2 aromatic carbocycles. The molecule has 2 aliphatic heterocycles. The number of nitrogens with zero attached hydrogens (tertiary/aromatic N) is 2. The molecule has 1 atom stereocenters. The van der Waals surface area contributed by atoms with E-state index in [1.54, 1.807) is 0 Å². The van der Waals surface area contributed by atoms with Crippen molar-refractivity contribution in [3.8, 4) is 16.9 Å². The zero-order valence-electron chi connectivity index (χ0n) is 16.3. The summed E-state index contributed by atoms with van der Waals surface area (Å²) < 4.78 is 11.4. The smallest absolute Gasteiger partial charge is 0.260 e. The number of amides is 1. The van der Waals surface area contributed by atoms with Crippen molar-refractivity contribution in [2.75, 3.05) is 45.9 Å². The summed E-state index contributed by atoms with van der Waals surface area (Å²) in [6, 6.07) is 18.1. The van der Waals surface area contributed by atoms with Crippen molar-refractivity contribution in [1.29, 1.82) is 0 Å². The lowest BCUT2D eigenvalue weighted by molar-refractivity contribution is -0.135. The van der Waals surface area contributed by atoms with Crippen molar-refractivity contribution < 1.29 is 14.3 Å². The van der Waals surface area contributed by atoms with Gasteiger partial charge in [0.25, 0.3) is 5.91 Å². The zero-order valence-corrected chi connectivity index (χ0v) is 16.3. The fraction of sp³-hybridized carbons (Fsp3) is 0.435. The molecule has 2 aliphatic rings. The molecule has 0 aromatic heterocycles. The first-order valence-corrected chi connectivity index (χ1v) is 10.2. The minimum absolute atomic E-state index is 0.0592. The monoisotopic (exact) mass is 380 g/mol. The first-order valence-electron chi connectivity index (χ1n) is 10.2. The molecule has 0 unspecified atom stereocenters. The number of piperazine rings is 1. The molecule has 0 bridgehead atoms. The lowest BCUT2D eigenvalue weighted by Crippen LogP contribution is -2.51. The summed E-state index contributed by atoms with van der Waals surface area (Å²) >= 11 is 0. The molecule has 2 fully saturated rings. The number of benzene rings is 2. The molecule has 5 nitrogen and oxygen atoms in total. The summed E-state index contributed by atoms with van der Waals surface area (Å²) in [5.41, 5.74) is 2.31. The Morgan fingerprint density at radius 1 is 0.964 bits per heavy atom. The second-order valence-electron chi connectivity index (χ2n) is 7.50. The highest BCUT2D eigenvalue weighted by molar-refractivity contribution is 5.78. The summed E-state index contributed by atoms with van der Waals surface area (Å²) in [6.45, 7) is 5.34. The second-order valence-corrected chi connectivity index (χ2v) is 7.50. The summed E-state index contributed by atoms with van der Waals surface area (Å²) in [6.07, 6.45) is 2.72. The van der Waals surface area contributed by atoms with E-state index in [4.69, 9.17) is 9.47 Å². The predicted molar refractivity (Wildman–Crippen MR) is 109 cm³/mol. The Bertz CT molecular complexity index is 749. The van der Waals surface area contributed by atoms with E-state index in [9.17, 15) is 4.79 Å². The molecular formula is C23H28N2O3. The van der Waals surface area contributed by atoms with E-state index in [0.717, 1.165) is 57.1 Å². The number of carbonyl (C=O) groups excluding carboxylic acids is 1. The summed E-state index contributed by atoms with van der Waals surface area (Å²) in [7, 11) is 0. The normalized spacial score (nSPS) is 20.3. The quantitative estimate of drug-likeness (QED) is 0.773. The molecule has 4 rings (SSSR count). The number of hydrogen-bond acceptors (Lipinski definition) is 4. The molecule has 2 saturated heterocycles. The van der Waals surface area contributed by atoms with Crippen LogP contribution in [0.4, 0.5) is 0 Å². The minimum atomic E-state index is 0.0592. The lowest BCUT2D eigenvalue weighted by Gasteiger charge is -2.35. The van der Waals surface area contributed by atoms with Crippen molar-refractivity contribution in [2.24, 2.45) is 0 Å². The molecular weight excluding hydrogens is 352 g/mol. The van der Waals surface area contributed by atoms with Gasteiger partial charge in [-0.1, -0.05) is 42.5 Å². The third kappa shape index (κ3) is 4.91. The molecule has 0 N–H and O–H groups in total. The van der Waals surface area contributed by atoms with Crippen molar-refractivity contribution in [1.82, 2.24) is 9.80 Å². The van der Waals surface area contributed by atoms with Crippen molar-refractivity contribution in [3.63, 3.8) is 0 Å². The molecule has 0 aliphatic carbocycles. The van der Waals surface area contributed by atoms with Crippen LogP contribution in [0.15, 0.2) is 54.6 Å². The van der Waals surface area contributed by atoms with Gasteiger partial charge in [0.15, 0.2) is 6.61 Å². The van der Waals surface area contributed by atoms with Crippen LogP contribution in [0, 0.1) is 0 Å². The van der Waals surface area contributed by atoms with E-state index in [0.29, 0.717) is 6.10 Å². The van der Waals surface area contributed by atoms with Crippen LogP contribution in [0.3, 0.4) is 0 Å². The van der Waals surface area contributed by atoms with E-state index < -0.39 is 0 Å². The number of carbonyl (C=O) groups is 1. The number of ether oxygens (including phenoxy) is 2. The van der Waals surface area contributed by atoms with Gasteiger partial charge in [-0.05, 0) is 36.1 Å². The standard InChI is InChI=1S/C23H28N2O3/c26-23(25-14-12-24(13-15-25)17-22-7-4-16-27-22)18-28-21-10-8-20(9-11-21)19-5-2-1-3-6-19/h1-3,5-6,8-11,22H,4,7,12-18H2/t22-/m0/s1. The summed E-state index contributed by atoms with van der Waals surface area (Å²) in [5.74, 6) is 0.786. The van der Waals surface area contributed by atoms with Crippen LogP contribution >= 0.6 is 0 Å². The van der Waals surface area contributed by atoms with Crippen LogP contribution in [0.1, 0.15) is 12.8 Å². The number of rotatable bonds is 6. The average Bonchev–Trinajstić information content (AvgIpc) is 3.27. The fourth-order valence-corrected chi connectivity index (χ4v) is 3.87. The van der Waals surface area contributed by atoms with E-state index in [1.807, 2.05) is 47.4 Å². The van der Waals surface area contributed by atoms with Gasteiger partial charge in [0.2, 0.25) is 0 Å². The highest BCUT2D eigenvalue weighted by atomic mass is 16.5. The highest BCUT2D eigenvalue weighted by Gasteiger charge is 2.25. The van der Waals surface area contributed by atoms with Gasteiger partial charge >= 0.3 is 0 Å². The fourth-order valence-electron chi connectivity index (χ4n) is 3.87. The first-order chi connectivity index (χ1) is 13.8. The van der Waals surface area contributed by atoms with Crippen LogP contribution in [0.2, 0.25) is 0 Å². The van der Waals surface area contributed by atoms with Gasteiger partial charge in [0.05, 0.1) is 6.10 Å². The van der Waals surface area contributed by atoms with E-state index >= 15 is 0 Å². The Hall–Kier alpha value is -2.37. The number of hydrogen-bond donors (Lipinski definition) is 0. The van der Waals surface area contributed by atoms with Crippen LogP contribution in [0.5, 0.6) is 5.75 Å². The minimum Gasteiger partial charge on any atom is -0.484 e. The molecule has 2 heterocycles. The Labute approximate surface area is 166 Å². The van der Waals surface area contributed by atoms with Crippen molar-refractivity contribution in [3.05, 3.63) is 54.6 Å². The molecule has 0 saturated carbocycles. The van der Waals surface area contributed by atoms with E-state index in [-0.39, 0.29) is 12.5 Å². The zero-order chi connectivity index (χ0) is 19.2. The summed E-state index contributed by atoms with van der Waals surface area (Å²) in [4.78, 5) is 16.8. The Kier molecular flexibility index (Phi) is 6.24. The lowest BCUT2D eigenvalue weighted by atomic mass is 10.1. The van der Waals surface area contributed by atoms with Gasteiger partial charge in [-0.2, -0.15) is 0 Å². The van der Waals surface area contributed by atoms with Crippen molar-refractivity contribution in [2.45, 2.75) is 18.9 Å². The topological polar surface area (TPSA) is 42.0 Å². The van der Waals surface area contributed by atoms with Crippen LogP contribution in [0.25, 0.3) is 11.1 Å². The third-order valence-corrected chi connectivity index (χ3v) is 5.53. The van der Waals surface area contributed by atoms with E-state index in [2.05, 4.69) is 17.0 Å². The maximum Gasteiger partial charge on any atom is 0.260 e. The third-order valence-electron chi connectivity index (χ3n) is 5.53. The molecule has 0 spiro atoms. The van der Waals surface area contributed by atoms with Gasteiger partial charge in [-0.25, -0.2) is 0 Å². The maximum atomic E-state index is 12.5. The van der Waals surface area contributed by atoms with Gasteiger partial charge in [-0.3, -0.25) is 9.69 Å². The molecule has 148 valence electrons. The van der Waals surface area contributed by atoms with Crippen LogP contribution in [-0.2, 0) is 9.53 Å². The molecule has 5 heteroatoms. The maximum absolute atomic E-state index is 12.5.